The van der Waals surface area contributed by atoms with Crippen LogP contribution in [0.5, 0.6) is 0 Å². The van der Waals surface area contributed by atoms with Crippen LogP contribution in [-0.4, -0.2) is 33.2 Å². The van der Waals surface area contributed by atoms with Crippen molar-refractivity contribution in [2.75, 3.05) is 6.54 Å². The Labute approximate surface area is 125 Å². The standard InChI is InChI=1S/C13H18N2O4S2/c14-20(16,17)11-4-1-5-12(10-11)21(18,19)15-9-3-8-13(15)6-2-7-13/h1,4-5,10H,2-3,6-9H2,(H2,14,16,17). The molecule has 1 aromatic carbocycles. The molecule has 1 aliphatic heterocycles. The number of primary sulfonamides is 1. The maximum absolute atomic E-state index is 12.8. The van der Waals surface area contributed by atoms with Gasteiger partial charge in [0.25, 0.3) is 0 Å². The summed E-state index contributed by atoms with van der Waals surface area (Å²) in [6, 6.07) is 5.29. The van der Waals surface area contributed by atoms with Crippen LogP contribution in [0.15, 0.2) is 34.1 Å². The summed E-state index contributed by atoms with van der Waals surface area (Å²) in [5, 5.41) is 5.08. The Bertz CT molecular complexity index is 767. The average molecular weight is 330 g/mol. The molecule has 2 aliphatic rings. The lowest BCUT2D eigenvalue weighted by Crippen LogP contribution is -2.51. The Morgan fingerprint density at radius 3 is 2.19 bits per heavy atom. The average Bonchev–Trinajstić information content (AvgIpc) is 2.83. The van der Waals surface area contributed by atoms with Crippen molar-refractivity contribution in [3.8, 4) is 0 Å². The van der Waals surface area contributed by atoms with Gasteiger partial charge in [0.15, 0.2) is 0 Å². The molecule has 8 heteroatoms. The molecule has 2 fully saturated rings. The predicted molar refractivity (Wildman–Crippen MR) is 77.5 cm³/mol. The van der Waals surface area contributed by atoms with Gasteiger partial charge in [-0.3, -0.25) is 0 Å². The Hall–Kier alpha value is -0.960. The maximum atomic E-state index is 12.8. The molecule has 1 heterocycles. The van der Waals surface area contributed by atoms with E-state index in [2.05, 4.69) is 0 Å². The van der Waals surface area contributed by atoms with Gasteiger partial charge in [0, 0.05) is 12.1 Å². The lowest BCUT2D eigenvalue weighted by atomic mass is 9.76. The summed E-state index contributed by atoms with van der Waals surface area (Å²) in [6.45, 7) is 0.502. The van der Waals surface area contributed by atoms with Crippen molar-refractivity contribution in [1.82, 2.24) is 4.31 Å². The highest BCUT2D eigenvalue weighted by atomic mass is 32.2. The van der Waals surface area contributed by atoms with Crippen LogP contribution >= 0.6 is 0 Å². The number of nitrogens with zero attached hydrogens (tertiary/aromatic N) is 1. The highest BCUT2D eigenvalue weighted by molar-refractivity contribution is 7.90. The summed E-state index contributed by atoms with van der Waals surface area (Å²) in [4.78, 5) is -0.173. The first-order valence-corrected chi connectivity index (χ1v) is 9.90. The number of sulfonamides is 2. The van der Waals surface area contributed by atoms with E-state index < -0.39 is 20.0 Å². The second kappa shape index (κ2) is 4.77. The molecule has 0 amide bonds. The summed E-state index contributed by atoms with van der Waals surface area (Å²) >= 11 is 0. The molecule has 1 aromatic rings. The van der Waals surface area contributed by atoms with Gasteiger partial charge in [-0.25, -0.2) is 22.0 Å². The van der Waals surface area contributed by atoms with Crippen molar-refractivity contribution in [3.63, 3.8) is 0 Å². The van der Waals surface area contributed by atoms with Crippen LogP contribution < -0.4 is 5.14 Å². The monoisotopic (exact) mass is 330 g/mol. The minimum absolute atomic E-state index is 0.00204. The van der Waals surface area contributed by atoms with Crippen LogP contribution in [0.1, 0.15) is 32.1 Å². The fourth-order valence-electron chi connectivity index (χ4n) is 3.31. The molecule has 0 atom stereocenters. The largest absolute Gasteiger partial charge is 0.243 e. The summed E-state index contributed by atoms with van der Waals surface area (Å²) < 4.78 is 50.0. The Morgan fingerprint density at radius 1 is 1.00 bits per heavy atom. The predicted octanol–water partition coefficient (Wildman–Crippen LogP) is 1.04. The van der Waals surface area contributed by atoms with E-state index in [4.69, 9.17) is 5.14 Å². The van der Waals surface area contributed by atoms with Gasteiger partial charge in [0.2, 0.25) is 20.0 Å². The second-order valence-corrected chi connectivity index (χ2v) is 9.20. The minimum atomic E-state index is -3.91. The van der Waals surface area contributed by atoms with Crippen LogP contribution in [0.2, 0.25) is 0 Å². The van der Waals surface area contributed by atoms with Crippen molar-refractivity contribution in [2.45, 2.75) is 47.4 Å². The summed E-state index contributed by atoms with van der Waals surface area (Å²) in [5.74, 6) is 0. The molecule has 1 saturated carbocycles. The molecule has 0 aromatic heterocycles. The molecule has 6 nitrogen and oxygen atoms in total. The van der Waals surface area contributed by atoms with Crippen molar-refractivity contribution < 1.29 is 16.8 Å². The van der Waals surface area contributed by atoms with Gasteiger partial charge in [0.1, 0.15) is 0 Å². The summed E-state index contributed by atoms with van der Waals surface area (Å²) in [5.41, 5.74) is -0.240. The first-order chi connectivity index (χ1) is 9.76. The maximum Gasteiger partial charge on any atom is 0.243 e. The summed E-state index contributed by atoms with van der Waals surface area (Å²) in [7, 11) is -7.59. The highest BCUT2D eigenvalue weighted by Gasteiger charge is 2.51. The third kappa shape index (κ3) is 2.40. The van der Waals surface area contributed by atoms with Gasteiger partial charge in [-0.15, -0.1) is 0 Å². The van der Waals surface area contributed by atoms with Crippen LogP contribution in [0, 0.1) is 0 Å². The second-order valence-electron chi connectivity index (χ2n) is 5.78. The number of benzene rings is 1. The highest BCUT2D eigenvalue weighted by Crippen LogP contribution is 2.47. The van der Waals surface area contributed by atoms with E-state index in [9.17, 15) is 16.8 Å². The minimum Gasteiger partial charge on any atom is -0.225 e. The van der Waals surface area contributed by atoms with Crippen molar-refractivity contribution in [1.29, 1.82) is 0 Å². The quantitative estimate of drug-likeness (QED) is 0.895. The molecule has 0 unspecified atom stereocenters. The van der Waals surface area contributed by atoms with Gasteiger partial charge in [-0.2, -0.15) is 4.31 Å². The van der Waals surface area contributed by atoms with Crippen molar-refractivity contribution in [3.05, 3.63) is 24.3 Å². The first kappa shape index (κ1) is 15.0. The van der Waals surface area contributed by atoms with Crippen molar-refractivity contribution >= 4 is 20.0 Å². The Morgan fingerprint density at radius 2 is 1.62 bits per heavy atom. The molecular formula is C13H18N2O4S2. The fraction of sp³-hybridized carbons (Fsp3) is 0.538. The smallest absolute Gasteiger partial charge is 0.225 e. The third-order valence-electron chi connectivity index (χ3n) is 4.54. The molecular weight excluding hydrogens is 312 g/mol. The molecule has 1 saturated heterocycles. The molecule has 1 aliphatic carbocycles. The lowest BCUT2D eigenvalue weighted by Gasteiger charge is -2.44. The van der Waals surface area contributed by atoms with Gasteiger partial charge in [-0.05, 0) is 50.3 Å². The van der Waals surface area contributed by atoms with E-state index in [-0.39, 0.29) is 15.3 Å². The lowest BCUT2D eigenvalue weighted by molar-refractivity contribution is 0.128. The van der Waals surface area contributed by atoms with Gasteiger partial charge in [0.05, 0.1) is 9.79 Å². The van der Waals surface area contributed by atoms with Gasteiger partial charge in [-0.1, -0.05) is 6.07 Å². The van der Waals surface area contributed by atoms with E-state index >= 15 is 0 Å². The molecule has 116 valence electrons. The normalized spacial score (nSPS) is 22.3. The van der Waals surface area contributed by atoms with Gasteiger partial charge >= 0.3 is 0 Å². The molecule has 1 spiro atoms. The Kier molecular flexibility index (Phi) is 3.40. The Balaban J connectivity index is 2.03. The molecule has 3 rings (SSSR count). The molecule has 0 radical (unpaired) electrons. The zero-order valence-corrected chi connectivity index (χ0v) is 13.2. The number of rotatable bonds is 3. The topological polar surface area (TPSA) is 97.5 Å². The summed E-state index contributed by atoms with van der Waals surface area (Å²) in [6.07, 6.45) is 4.57. The third-order valence-corrected chi connectivity index (χ3v) is 7.45. The van der Waals surface area contributed by atoms with E-state index in [1.807, 2.05) is 0 Å². The number of hydrogen-bond donors (Lipinski definition) is 1. The van der Waals surface area contributed by atoms with Crippen LogP contribution in [0.25, 0.3) is 0 Å². The SMILES string of the molecule is NS(=O)(=O)c1cccc(S(=O)(=O)N2CCCC23CCC3)c1. The fourth-order valence-corrected chi connectivity index (χ4v) is 5.88. The number of hydrogen-bond acceptors (Lipinski definition) is 4. The van der Waals surface area contributed by atoms with Crippen LogP contribution in [0.3, 0.4) is 0 Å². The number of nitrogens with two attached hydrogens (primary N) is 1. The van der Waals surface area contributed by atoms with E-state index in [1.165, 1.54) is 18.2 Å². The zero-order valence-electron chi connectivity index (χ0n) is 11.5. The van der Waals surface area contributed by atoms with Crippen LogP contribution in [0.4, 0.5) is 0 Å². The van der Waals surface area contributed by atoms with Crippen molar-refractivity contribution in [2.24, 2.45) is 5.14 Å². The van der Waals surface area contributed by atoms with E-state index in [0.29, 0.717) is 6.54 Å². The van der Waals surface area contributed by atoms with Crippen LogP contribution in [-0.2, 0) is 20.0 Å². The molecule has 21 heavy (non-hydrogen) atoms. The molecule has 2 N–H and O–H groups in total. The first-order valence-electron chi connectivity index (χ1n) is 6.92. The van der Waals surface area contributed by atoms with E-state index in [1.54, 1.807) is 4.31 Å². The zero-order chi connectivity index (χ0) is 15.3. The van der Waals surface area contributed by atoms with Gasteiger partial charge < -0.3 is 0 Å². The molecule has 0 bridgehead atoms. The van der Waals surface area contributed by atoms with E-state index in [0.717, 1.165) is 38.2 Å².